The van der Waals surface area contributed by atoms with Gasteiger partial charge in [0.2, 0.25) is 0 Å². The number of hydrazine groups is 1. The van der Waals surface area contributed by atoms with E-state index in [1.165, 1.54) is 6.26 Å². The fraction of sp³-hybridized carbons (Fsp3) is 0.0833. The molecule has 1 aromatic carbocycles. The average Bonchev–Trinajstić information content (AvgIpc) is 2.86. The van der Waals surface area contributed by atoms with Gasteiger partial charge in [0.25, 0.3) is 5.91 Å². The van der Waals surface area contributed by atoms with Gasteiger partial charge < -0.3 is 9.15 Å². The second-order valence-electron chi connectivity index (χ2n) is 3.52. The Labute approximate surface area is 117 Å². The lowest BCUT2D eigenvalue weighted by atomic mass is 10.3. The molecular weight excluding hydrogens is 347 g/mol. The first-order valence-corrected chi connectivity index (χ1v) is 6.23. The number of halogens is 1. The molecule has 0 saturated carbocycles. The first-order chi connectivity index (χ1) is 8.69. The molecule has 2 rings (SSSR count). The highest BCUT2D eigenvalue weighted by Crippen LogP contribution is 2.16. The number of benzene rings is 1. The number of hydrogen-bond acceptors (Lipinski definition) is 4. The second kappa shape index (κ2) is 5.87. The van der Waals surface area contributed by atoms with E-state index in [-0.39, 0.29) is 12.5 Å². The highest BCUT2D eigenvalue weighted by Gasteiger charge is 2.08. The maximum atomic E-state index is 11.2. The van der Waals surface area contributed by atoms with E-state index in [4.69, 9.17) is 15.0 Å². The molecule has 0 atom stereocenters. The largest absolute Gasteiger partial charge is 0.486 e. The normalized spacial score (nSPS) is 10.1. The van der Waals surface area contributed by atoms with E-state index in [2.05, 4.69) is 22.6 Å². The second-order valence-corrected chi connectivity index (χ2v) is 4.76. The Kier molecular flexibility index (Phi) is 4.21. The molecule has 0 bridgehead atoms. The van der Waals surface area contributed by atoms with Crippen molar-refractivity contribution < 1.29 is 13.9 Å². The van der Waals surface area contributed by atoms with Gasteiger partial charge >= 0.3 is 0 Å². The SMILES string of the molecule is NNC(=O)c1coc(COc2ccc(I)cc2)c1. The summed E-state index contributed by atoms with van der Waals surface area (Å²) in [5.41, 5.74) is 2.41. The van der Waals surface area contributed by atoms with Gasteiger partial charge in [-0.25, -0.2) is 5.84 Å². The van der Waals surface area contributed by atoms with Crippen molar-refractivity contribution in [1.82, 2.24) is 5.43 Å². The van der Waals surface area contributed by atoms with Crippen LogP contribution in [0.5, 0.6) is 5.75 Å². The molecule has 1 heterocycles. The van der Waals surface area contributed by atoms with E-state index in [9.17, 15) is 4.79 Å². The van der Waals surface area contributed by atoms with Crippen molar-refractivity contribution in [2.75, 3.05) is 0 Å². The molecule has 0 fully saturated rings. The van der Waals surface area contributed by atoms with E-state index in [1.54, 1.807) is 6.07 Å². The van der Waals surface area contributed by atoms with Crippen molar-refractivity contribution >= 4 is 28.5 Å². The van der Waals surface area contributed by atoms with Crippen molar-refractivity contribution in [3.63, 3.8) is 0 Å². The summed E-state index contributed by atoms with van der Waals surface area (Å²) in [7, 11) is 0. The molecule has 0 spiro atoms. The lowest BCUT2D eigenvalue weighted by Crippen LogP contribution is -2.29. The van der Waals surface area contributed by atoms with Crippen LogP contribution < -0.4 is 16.0 Å². The number of nitrogens with two attached hydrogens (primary N) is 1. The van der Waals surface area contributed by atoms with Crippen LogP contribution in [0.2, 0.25) is 0 Å². The molecule has 3 N–H and O–H groups in total. The minimum atomic E-state index is -0.390. The Bertz CT molecular complexity index is 537. The zero-order valence-corrected chi connectivity index (χ0v) is 11.5. The van der Waals surface area contributed by atoms with Crippen molar-refractivity contribution in [3.8, 4) is 5.75 Å². The highest BCUT2D eigenvalue weighted by atomic mass is 127. The van der Waals surface area contributed by atoms with Gasteiger partial charge in [-0.15, -0.1) is 0 Å². The van der Waals surface area contributed by atoms with Crippen LogP contribution in [0.25, 0.3) is 0 Å². The number of ether oxygens (including phenoxy) is 1. The van der Waals surface area contributed by atoms with Gasteiger partial charge in [-0.3, -0.25) is 10.2 Å². The first-order valence-electron chi connectivity index (χ1n) is 5.16. The molecule has 0 saturated heterocycles. The fourth-order valence-corrected chi connectivity index (χ4v) is 1.70. The molecule has 0 aliphatic heterocycles. The minimum Gasteiger partial charge on any atom is -0.486 e. The molecule has 0 radical (unpaired) electrons. The standard InChI is InChI=1S/C12H11IN2O3/c13-9-1-3-10(4-2-9)18-7-11-5-8(6-17-11)12(16)15-14/h1-6H,7,14H2,(H,15,16). The van der Waals surface area contributed by atoms with Crippen LogP contribution in [-0.4, -0.2) is 5.91 Å². The quantitative estimate of drug-likeness (QED) is 0.380. The number of nitrogen functional groups attached to an aromatic ring is 1. The number of amides is 1. The summed E-state index contributed by atoms with van der Waals surface area (Å²) in [6.07, 6.45) is 1.34. The number of carbonyl (C=O) groups is 1. The summed E-state index contributed by atoms with van der Waals surface area (Å²) in [6, 6.07) is 9.24. The van der Waals surface area contributed by atoms with E-state index in [1.807, 2.05) is 29.7 Å². The lowest BCUT2D eigenvalue weighted by Gasteiger charge is -2.03. The van der Waals surface area contributed by atoms with Crippen molar-refractivity contribution in [2.24, 2.45) is 5.84 Å². The lowest BCUT2D eigenvalue weighted by molar-refractivity contribution is 0.0953. The summed E-state index contributed by atoms with van der Waals surface area (Å²) in [5, 5.41) is 0. The fourth-order valence-electron chi connectivity index (χ4n) is 1.34. The van der Waals surface area contributed by atoms with Gasteiger partial charge in [-0.1, -0.05) is 0 Å². The van der Waals surface area contributed by atoms with Crippen LogP contribution in [0.3, 0.4) is 0 Å². The molecule has 2 aromatic rings. The Morgan fingerprint density at radius 2 is 2.11 bits per heavy atom. The number of hydrogen-bond donors (Lipinski definition) is 2. The smallest absolute Gasteiger partial charge is 0.268 e. The van der Waals surface area contributed by atoms with Gasteiger partial charge in [0.1, 0.15) is 24.4 Å². The molecule has 94 valence electrons. The van der Waals surface area contributed by atoms with Gasteiger partial charge in [0.05, 0.1) is 5.56 Å². The van der Waals surface area contributed by atoms with Gasteiger partial charge in [0.15, 0.2) is 0 Å². The summed E-state index contributed by atoms with van der Waals surface area (Å²) in [6.45, 7) is 0.262. The van der Waals surface area contributed by atoms with Crippen molar-refractivity contribution in [3.05, 3.63) is 51.5 Å². The predicted octanol–water partition coefficient (Wildman–Crippen LogP) is 2.07. The van der Waals surface area contributed by atoms with E-state index in [0.717, 1.165) is 9.32 Å². The molecule has 0 unspecified atom stereocenters. The monoisotopic (exact) mass is 358 g/mol. The van der Waals surface area contributed by atoms with Crippen LogP contribution in [0.15, 0.2) is 41.0 Å². The maximum Gasteiger partial charge on any atom is 0.268 e. The summed E-state index contributed by atoms with van der Waals surface area (Å²) < 4.78 is 11.8. The van der Waals surface area contributed by atoms with Crippen LogP contribution in [0.4, 0.5) is 0 Å². The van der Waals surface area contributed by atoms with E-state index < -0.39 is 0 Å². The van der Waals surface area contributed by atoms with Crippen LogP contribution >= 0.6 is 22.6 Å². The Balaban J connectivity index is 1.96. The summed E-state index contributed by atoms with van der Waals surface area (Å²) in [4.78, 5) is 11.2. The average molecular weight is 358 g/mol. The Morgan fingerprint density at radius 3 is 2.78 bits per heavy atom. The van der Waals surface area contributed by atoms with Crippen LogP contribution in [-0.2, 0) is 6.61 Å². The summed E-state index contributed by atoms with van der Waals surface area (Å²) >= 11 is 2.22. The predicted molar refractivity (Wildman–Crippen MR) is 73.9 cm³/mol. The molecule has 0 aliphatic rings. The van der Waals surface area contributed by atoms with Crippen molar-refractivity contribution in [1.29, 1.82) is 0 Å². The molecule has 0 aliphatic carbocycles. The minimum absolute atomic E-state index is 0.262. The Hall–Kier alpha value is -1.54. The molecule has 1 amide bonds. The van der Waals surface area contributed by atoms with Crippen LogP contribution in [0, 0.1) is 3.57 Å². The maximum absolute atomic E-state index is 11.2. The van der Waals surface area contributed by atoms with E-state index >= 15 is 0 Å². The number of furan rings is 1. The third kappa shape index (κ3) is 3.23. The molecular formula is C12H11IN2O3. The number of rotatable bonds is 4. The molecule has 18 heavy (non-hydrogen) atoms. The van der Waals surface area contributed by atoms with Gasteiger partial charge in [0, 0.05) is 3.57 Å². The molecule has 5 nitrogen and oxygen atoms in total. The molecule has 1 aromatic heterocycles. The zero-order chi connectivity index (χ0) is 13.0. The third-order valence-electron chi connectivity index (χ3n) is 2.24. The highest BCUT2D eigenvalue weighted by molar-refractivity contribution is 14.1. The Morgan fingerprint density at radius 1 is 1.39 bits per heavy atom. The topological polar surface area (TPSA) is 77.5 Å². The van der Waals surface area contributed by atoms with Crippen LogP contribution in [0.1, 0.15) is 16.1 Å². The molecule has 6 heteroatoms. The number of nitrogens with one attached hydrogen (secondary N) is 1. The van der Waals surface area contributed by atoms with E-state index in [0.29, 0.717) is 11.3 Å². The van der Waals surface area contributed by atoms with Gasteiger partial charge in [-0.05, 0) is 52.9 Å². The summed E-state index contributed by atoms with van der Waals surface area (Å²) in [5.74, 6) is 5.94. The number of carbonyl (C=O) groups excluding carboxylic acids is 1. The zero-order valence-electron chi connectivity index (χ0n) is 9.35. The van der Waals surface area contributed by atoms with Crippen molar-refractivity contribution in [2.45, 2.75) is 6.61 Å². The van der Waals surface area contributed by atoms with Gasteiger partial charge in [-0.2, -0.15) is 0 Å². The first kappa shape index (κ1) is 12.9. The third-order valence-corrected chi connectivity index (χ3v) is 2.96.